The molecule has 3 aromatic rings. The molecule has 0 radical (unpaired) electrons. The van der Waals surface area contributed by atoms with E-state index in [2.05, 4.69) is 10.3 Å². The number of thiazole rings is 1. The van der Waals surface area contributed by atoms with Gasteiger partial charge in [-0.3, -0.25) is 4.79 Å². The van der Waals surface area contributed by atoms with Crippen LogP contribution in [0.1, 0.15) is 21.1 Å². The summed E-state index contributed by atoms with van der Waals surface area (Å²) in [5, 5.41) is 10.1. The number of para-hydroxylation sites is 2. The van der Waals surface area contributed by atoms with Crippen molar-refractivity contribution < 1.29 is 27.5 Å². The van der Waals surface area contributed by atoms with Crippen molar-refractivity contribution in [3.8, 4) is 5.75 Å². The topological polar surface area (TPSA) is 138 Å². The fourth-order valence-corrected chi connectivity index (χ4v) is 3.87. The maximum Gasteiger partial charge on any atom is 0.338 e. The second kappa shape index (κ2) is 9.69. The van der Waals surface area contributed by atoms with Crippen molar-refractivity contribution in [1.82, 2.24) is 4.98 Å². The number of carbonyl (C=O) groups excluding carboxylic acids is 2. The first-order valence-electron chi connectivity index (χ1n) is 8.92. The lowest BCUT2D eigenvalue weighted by molar-refractivity contribution is -0.115. The van der Waals surface area contributed by atoms with Crippen LogP contribution in [0.3, 0.4) is 0 Å². The lowest BCUT2D eigenvalue weighted by Gasteiger charge is -2.08. The molecule has 162 valence electrons. The zero-order valence-corrected chi connectivity index (χ0v) is 18.0. The number of nitrogens with zero attached hydrogens (tertiary/aromatic N) is 1. The molecule has 2 aromatic carbocycles. The van der Waals surface area contributed by atoms with Crippen LogP contribution in [0.2, 0.25) is 0 Å². The fraction of sp³-hybridized carbons (Fsp3) is 0.150. The van der Waals surface area contributed by atoms with Crippen molar-refractivity contribution in [2.45, 2.75) is 17.9 Å². The van der Waals surface area contributed by atoms with E-state index in [9.17, 15) is 18.0 Å². The van der Waals surface area contributed by atoms with E-state index in [1.807, 2.05) is 0 Å². The molecular weight excluding hydrogens is 442 g/mol. The third kappa shape index (κ3) is 6.10. The Labute approximate surface area is 182 Å². The van der Waals surface area contributed by atoms with Crippen molar-refractivity contribution >= 4 is 38.9 Å². The molecule has 1 amide bonds. The van der Waals surface area contributed by atoms with Crippen molar-refractivity contribution in [2.24, 2.45) is 5.14 Å². The standard InChI is InChI=1S/C20H19N3O6S2/c1-28-17-5-3-2-4-16(17)23-18(24)10-19-22-14(12-30-19)11-29-20(25)13-6-8-15(9-7-13)31(21,26)27/h2-9,12H,10-11H2,1H3,(H,23,24)(H2,21,26,27). The lowest BCUT2D eigenvalue weighted by Crippen LogP contribution is -2.15. The molecule has 0 aliphatic heterocycles. The Morgan fingerprint density at radius 2 is 1.84 bits per heavy atom. The van der Waals surface area contributed by atoms with E-state index in [1.165, 1.54) is 42.7 Å². The van der Waals surface area contributed by atoms with Gasteiger partial charge in [-0.1, -0.05) is 12.1 Å². The minimum Gasteiger partial charge on any atom is -0.495 e. The third-order valence-electron chi connectivity index (χ3n) is 4.06. The maximum absolute atomic E-state index is 12.3. The maximum atomic E-state index is 12.3. The van der Waals surface area contributed by atoms with Crippen LogP contribution in [-0.4, -0.2) is 32.4 Å². The first kappa shape index (κ1) is 22.4. The molecule has 1 heterocycles. The summed E-state index contributed by atoms with van der Waals surface area (Å²) in [6.45, 7) is -0.0829. The Morgan fingerprint density at radius 1 is 1.13 bits per heavy atom. The highest BCUT2D eigenvalue weighted by atomic mass is 32.2. The van der Waals surface area contributed by atoms with Gasteiger partial charge in [-0.25, -0.2) is 23.3 Å². The van der Waals surface area contributed by atoms with Crippen molar-refractivity contribution in [2.75, 3.05) is 12.4 Å². The number of rotatable bonds is 8. The summed E-state index contributed by atoms with van der Waals surface area (Å²) in [6, 6.07) is 12.2. The van der Waals surface area contributed by atoms with Gasteiger partial charge in [0, 0.05) is 5.38 Å². The molecule has 0 saturated carbocycles. The number of sulfonamides is 1. The molecule has 1 aromatic heterocycles. The molecule has 0 aliphatic rings. The number of benzene rings is 2. The van der Waals surface area contributed by atoms with Crippen LogP contribution in [0.15, 0.2) is 58.8 Å². The van der Waals surface area contributed by atoms with E-state index in [1.54, 1.807) is 29.6 Å². The number of hydrogen-bond acceptors (Lipinski definition) is 8. The van der Waals surface area contributed by atoms with Crippen molar-refractivity contribution in [1.29, 1.82) is 0 Å². The number of carbonyl (C=O) groups is 2. The number of amides is 1. The van der Waals surface area contributed by atoms with Crippen molar-refractivity contribution in [3.63, 3.8) is 0 Å². The third-order valence-corrected chi connectivity index (χ3v) is 5.89. The lowest BCUT2D eigenvalue weighted by atomic mass is 10.2. The minimum absolute atomic E-state index is 0.0612. The molecule has 0 unspecified atom stereocenters. The van der Waals surface area contributed by atoms with Gasteiger partial charge in [0.25, 0.3) is 0 Å². The van der Waals surface area contributed by atoms with Crippen LogP contribution in [0, 0.1) is 0 Å². The highest BCUT2D eigenvalue weighted by molar-refractivity contribution is 7.89. The fourth-order valence-electron chi connectivity index (χ4n) is 2.58. The Kier molecular flexibility index (Phi) is 7.00. The van der Waals surface area contributed by atoms with Crippen molar-refractivity contribution in [3.05, 3.63) is 70.2 Å². The summed E-state index contributed by atoms with van der Waals surface area (Å²) in [5.74, 6) is -0.332. The minimum atomic E-state index is -3.83. The van der Waals surface area contributed by atoms with Crippen LogP contribution in [0.5, 0.6) is 5.75 Å². The number of nitrogens with one attached hydrogen (secondary N) is 1. The van der Waals surface area contributed by atoms with E-state index in [-0.39, 0.29) is 29.4 Å². The van der Waals surface area contributed by atoms with Gasteiger partial charge in [0.2, 0.25) is 15.9 Å². The van der Waals surface area contributed by atoms with Gasteiger partial charge in [-0.05, 0) is 36.4 Å². The van der Waals surface area contributed by atoms with E-state index >= 15 is 0 Å². The Hall–Kier alpha value is -3.28. The average Bonchev–Trinajstić information content (AvgIpc) is 3.19. The van der Waals surface area contributed by atoms with Gasteiger partial charge in [-0.15, -0.1) is 11.3 Å². The summed E-state index contributed by atoms with van der Waals surface area (Å²) >= 11 is 1.28. The van der Waals surface area contributed by atoms with Gasteiger partial charge in [0.15, 0.2) is 0 Å². The van der Waals surface area contributed by atoms with Crippen LogP contribution in [-0.2, 0) is 32.6 Å². The monoisotopic (exact) mass is 461 g/mol. The van der Waals surface area contributed by atoms with Gasteiger partial charge < -0.3 is 14.8 Å². The second-order valence-electron chi connectivity index (χ2n) is 6.30. The number of nitrogens with two attached hydrogens (primary N) is 1. The van der Waals surface area contributed by atoms with Gasteiger partial charge in [-0.2, -0.15) is 0 Å². The summed E-state index contributed by atoms with van der Waals surface area (Å²) in [7, 11) is -2.31. The Balaban J connectivity index is 1.54. The predicted octanol–water partition coefficient (Wildman–Crippen LogP) is 2.34. The van der Waals surface area contributed by atoms with Gasteiger partial charge in [0.05, 0.1) is 35.4 Å². The Morgan fingerprint density at radius 3 is 2.52 bits per heavy atom. The quantitative estimate of drug-likeness (QED) is 0.491. The normalized spacial score (nSPS) is 11.0. The summed E-state index contributed by atoms with van der Waals surface area (Å²) in [4.78, 5) is 28.6. The second-order valence-corrected chi connectivity index (χ2v) is 8.81. The predicted molar refractivity (Wildman–Crippen MR) is 114 cm³/mol. The first-order chi connectivity index (χ1) is 14.8. The first-order valence-corrected chi connectivity index (χ1v) is 11.3. The van der Waals surface area contributed by atoms with E-state index < -0.39 is 16.0 Å². The molecule has 9 nitrogen and oxygen atoms in total. The summed E-state index contributed by atoms with van der Waals surface area (Å²) in [6.07, 6.45) is 0.0612. The molecule has 3 N–H and O–H groups in total. The summed E-state index contributed by atoms with van der Waals surface area (Å²) < 4.78 is 32.9. The molecule has 11 heteroatoms. The van der Waals surface area contributed by atoms with E-state index in [4.69, 9.17) is 14.6 Å². The number of primary sulfonamides is 1. The van der Waals surface area contributed by atoms with Crippen LogP contribution in [0.4, 0.5) is 5.69 Å². The highest BCUT2D eigenvalue weighted by Crippen LogP contribution is 2.23. The number of methoxy groups -OCH3 is 1. The van der Waals surface area contributed by atoms with Crippen LogP contribution < -0.4 is 15.2 Å². The largest absolute Gasteiger partial charge is 0.495 e. The number of aromatic nitrogens is 1. The molecule has 0 saturated heterocycles. The molecule has 0 spiro atoms. The molecule has 0 aliphatic carbocycles. The molecular formula is C20H19N3O6S2. The zero-order valence-electron chi connectivity index (χ0n) is 16.4. The number of hydrogen-bond donors (Lipinski definition) is 2. The molecule has 31 heavy (non-hydrogen) atoms. The Bertz CT molecular complexity index is 1190. The van der Waals surface area contributed by atoms with Gasteiger partial charge in [0.1, 0.15) is 17.4 Å². The summed E-state index contributed by atoms with van der Waals surface area (Å²) in [5.41, 5.74) is 1.24. The van der Waals surface area contributed by atoms with Gasteiger partial charge >= 0.3 is 5.97 Å². The number of esters is 1. The van der Waals surface area contributed by atoms with E-state index in [0.29, 0.717) is 22.1 Å². The smallest absolute Gasteiger partial charge is 0.338 e. The highest BCUT2D eigenvalue weighted by Gasteiger charge is 2.14. The zero-order chi connectivity index (χ0) is 22.4. The van der Waals surface area contributed by atoms with Crippen LogP contribution in [0.25, 0.3) is 0 Å². The average molecular weight is 462 g/mol. The molecule has 3 rings (SSSR count). The van der Waals surface area contributed by atoms with E-state index in [0.717, 1.165) is 0 Å². The molecule has 0 bridgehead atoms. The molecule has 0 fully saturated rings. The molecule has 0 atom stereocenters. The SMILES string of the molecule is COc1ccccc1NC(=O)Cc1nc(COC(=O)c2ccc(S(N)(=O)=O)cc2)cs1. The van der Waals surface area contributed by atoms with Crippen LogP contribution >= 0.6 is 11.3 Å². The number of ether oxygens (including phenoxy) is 2. The number of anilines is 1.